The van der Waals surface area contributed by atoms with Crippen LogP contribution in [0.15, 0.2) is 24.3 Å². The number of nitrogens with one attached hydrogen (secondary N) is 1. The Balaban J connectivity index is 1.80. The molecule has 0 radical (unpaired) electrons. The molecule has 1 amide bonds. The third-order valence-corrected chi connectivity index (χ3v) is 4.05. The minimum absolute atomic E-state index is 0.0145. The van der Waals surface area contributed by atoms with E-state index in [1.165, 1.54) is 7.11 Å². The Hall–Kier alpha value is -3.00. The van der Waals surface area contributed by atoms with Crippen molar-refractivity contribution in [3.8, 4) is 5.88 Å². The van der Waals surface area contributed by atoms with E-state index in [1.54, 1.807) is 29.6 Å². The Kier molecular flexibility index (Phi) is 4.85. The number of aliphatic hydroxyl groups excluding tert-OH is 1. The van der Waals surface area contributed by atoms with E-state index in [0.717, 1.165) is 11.4 Å². The van der Waals surface area contributed by atoms with Crippen LogP contribution in [0, 0.1) is 20.8 Å². The van der Waals surface area contributed by atoms with E-state index in [-0.39, 0.29) is 12.5 Å². The highest BCUT2D eigenvalue weighted by Crippen LogP contribution is 2.17. The van der Waals surface area contributed by atoms with Crippen LogP contribution in [-0.4, -0.2) is 44.3 Å². The van der Waals surface area contributed by atoms with Crippen LogP contribution in [-0.2, 0) is 0 Å². The van der Waals surface area contributed by atoms with Crippen molar-refractivity contribution in [2.75, 3.05) is 13.7 Å². The third kappa shape index (κ3) is 3.36. The van der Waals surface area contributed by atoms with Crippen LogP contribution in [0.5, 0.6) is 5.88 Å². The molecule has 0 aromatic carbocycles. The van der Waals surface area contributed by atoms with Crippen LogP contribution >= 0.6 is 0 Å². The number of amides is 1. The summed E-state index contributed by atoms with van der Waals surface area (Å²) >= 11 is 0. The van der Waals surface area contributed by atoms with Crippen LogP contribution in [0.25, 0.3) is 5.65 Å². The van der Waals surface area contributed by atoms with Gasteiger partial charge in [-0.05, 0) is 32.9 Å². The summed E-state index contributed by atoms with van der Waals surface area (Å²) in [6.45, 7) is 5.56. The topological polar surface area (TPSA) is 102 Å². The fourth-order valence-electron chi connectivity index (χ4n) is 2.81. The Morgan fingerprint density at radius 2 is 2.08 bits per heavy atom. The number of nitrogens with zero attached hydrogens (tertiary/aromatic N) is 4. The number of methoxy groups -OCH3 is 1. The first-order chi connectivity index (χ1) is 12.4. The molecule has 0 fully saturated rings. The highest BCUT2D eigenvalue weighted by atomic mass is 16.5. The molecule has 0 saturated heterocycles. The van der Waals surface area contributed by atoms with Gasteiger partial charge in [-0.3, -0.25) is 4.79 Å². The maximum atomic E-state index is 12.7. The van der Waals surface area contributed by atoms with Gasteiger partial charge < -0.3 is 15.2 Å². The molecule has 0 aliphatic heterocycles. The van der Waals surface area contributed by atoms with E-state index in [9.17, 15) is 9.90 Å². The Bertz CT molecular complexity index is 967. The lowest BCUT2D eigenvalue weighted by molar-refractivity contribution is 0.0914. The lowest BCUT2D eigenvalue weighted by atomic mass is 10.2. The molecule has 8 nitrogen and oxygen atoms in total. The number of carbonyl (C=O) groups is 1. The fraction of sp³-hybridized carbons (Fsp3) is 0.333. The van der Waals surface area contributed by atoms with E-state index in [0.29, 0.717) is 28.5 Å². The average molecular weight is 355 g/mol. The predicted octanol–water partition coefficient (Wildman–Crippen LogP) is 1.52. The zero-order valence-electron chi connectivity index (χ0n) is 15.1. The highest BCUT2D eigenvalue weighted by molar-refractivity contribution is 6.01. The summed E-state index contributed by atoms with van der Waals surface area (Å²) in [6.07, 6.45) is -0.951. The molecule has 0 saturated carbocycles. The maximum Gasteiger partial charge on any atom is 0.257 e. The lowest BCUT2D eigenvalue weighted by Gasteiger charge is -2.12. The SMILES string of the molecule is COc1cccc(C(O)CNC(=O)c2c(C)nn3c(C)cc(C)nc23)n1. The second-order valence-electron chi connectivity index (χ2n) is 6.07. The van der Waals surface area contributed by atoms with Crippen molar-refractivity contribution in [3.63, 3.8) is 0 Å². The van der Waals surface area contributed by atoms with Crippen molar-refractivity contribution >= 4 is 11.6 Å². The lowest BCUT2D eigenvalue weighted by Crippen LogP contribution is -2.29. The number of hydrogen-bond acceptors (Lipinski definition) is 6. The molecular weight excluding hydrogens is 334 g/mol. The quantitative estimate of drug-likeness (QED) is 0.719. The number of hydrogen-bond donors (Lipinski definition) is 2. The normalized spacial score (nSPS) is 12.2. The molecular formula is C18H21N5O3. The summed E-state index contributed by atoms with van der Waals surface area (Å²) < 4.78 is 6.70. The van der Waals surface area contributed by atoms with Gasteiger partial charge >= 0.3 is 0 Å². The monoisotopic (exact) mass is 355 g/mol. The first-order valence-corrected chi connectivity index (χ1v) is 8.21. The summed E-state index contributed by atoms with van der Waals surface area (Å²) in [7, 11) is 1.51. The molecule has 1 atom stereocenters. The first kappa shape index (κ1) is 17.8. The van der Waals surface area contributed by atoms with Gasteiger partial charge in [-0.1, -0.05) is 6.07 Å². The van der Waals surface area contributed by atoms with E-state index >= 15 is 0 Å². The van der Waals surface area contributed by atoms with Crippen LogP contribution in [0.4, 0.5) is 0 Å². The Morgan fingerprint density at radius 1 is 1.31 bits per heavy atom. The number of carbonyl (C=O) groups excluding carboxylic acids is 1. The Labute approximate surface area is 150 Å². The Morgan fingerprint density at radius 3 is 2.81 bits per heavy atom. The van der Waals surface area contributed by atoms with Gasteiger partial charge in [-0.2, -0.15) is 5.10 Å². The fourth-order valence-corrected chi connectivity index (χ4v) is 2.81. The van der Waals surface area contributed by atoms with Gasteiger partial charge in [0.15, 0.2) is 5.65 Å². The number of aryl methyl sites for hydroxylation is 3. The van der Waals surface area contributed by atoms with E-state index in [1.807, 2.05) is 19.9 Å². The molecule has 2 N–H and O–H groups in total. The highest BCUT2D eigenvalue weighted by Gasteiger charge is 2.21. The third-order valence-electron chi connectivity index (χ3n) is 4.05. The summed E-state index contributed by atoms with van der Waals surface area (Å²) in [5, 5.41) is 17.4. The zero-order valence-corrected chi connectivity index (χ0v) is 15.1. The minimum Gasteiger partial charge on any atom is -0.481 e. The molecule has 0 aliphatic carbocycles. The smallest absolute Gasteiger partial charge is 0.257 e. The standard InChI is InChI=1S/C18H21N5O3/c1-10-8-11(2)23-17(20-10)16(12(3)22-23)18(25)19-9-14(24)13-6-5-7-15(21-13)26-4/h5-8,14,24H,9H2,1-4H3,(H,19,25). The number of rotatable bonds is 5. The van der Waals surface area contributed by atoms with Crippen LogP contribution in [0.1, 0.15) is 39.2 Å². The van der Waals surface area contributed by atoms with E-state index in [2.05, 4.69) is 20.4 Å². The predicted molar refractivity (Wildman–Crippen MR) is 95.3 cm³/mol. The van der Waals surface area contributed by atoms with Gasteiger partial charge in [0.05, 0.1) is 18.5 Å². The minimum atomic E-state index is -0.951. The molecule has 0 aliphatic rings. The van der Waals surface area contributed by atoms with Crippen molar-refractivity contribution in [1.29, 1.82) is 0 Å². The molecule has 136 valence electrons. The summed E-state index contributed by atoms with van der Waals surface area (Å²) in [5.41, 5.74) is 3.62. The maximum absolute atomic E-state index is 12.7. The van der Waals surface area contributed by atoms with Crippen molar-refractivity contribution in [2.45, 2.75) is 26.9 Å². The molecule has 3 heterocycles. The molecule has 0 spiro atoms. The van der Waals surface area contributed by atoms with Crippen molar-refractivity contribution in [2.24, 2.45) is 0 Å². The van der Waals surface area contributed by atoms with Crippen LogP contribution in [0.3, 0.4) is 0 Å². The first-order valence-electron chi connectivity index (χ1n) is 8.21. The number of aromatic nitrogens is 4. The summed E-state index contributed by atoms with van der Waals surface area (Å²) in [5.74, 6) is 0.0680. The molecule has 1 unspecified atom stereocenters. The van der Waals surface area contributed by atoms with Crippen molar-refractivity contribution < 1.29 is 14.6 Å². The number of fused-ring (bicyclic) bond motifs is 1. The van der Waals surface area contributed by atoms with Gasteiger partial charge in [0.2, 0.25) is 5.88 Å². The molecule has 3 rings (SSSR count). The van der Waals surface area contributed by atoms with Crippen molar-refractivity contribution in [1.82, 2.24) is 24.9 Å². The molecule has 3 aromatic rings. The average Bonchev–Trinajstić information content (AvgIpc) is 2.95. The van der Waals surface area contributed by atoms with E-state index < -0.39 is 6.10 Å². The second kappa shape index (κ2) is 7.09. The molecule has 8 heteroatoms. The molecule has 26 heavy (non-hydrogen) atoms. The molecule has 0 bridgehead atoms. The zero-order chi connectivity index (χ0) is 18.8. The summed E-state index contributed by atoms with van der Waals surface area (Å²) in [4.78, 5) is 21.3. The molecule has 3 aromatic heterocycles. The number of aliphatic hydroxyl groups is 1. The number of pyridine rings is 1. The van der Waals surface area contributed by atoms with Gasteiger partial charge in [0.25, 0.3) is 5.91 Å². The van der Waals surface area contributed by atoms with Crippen molar-refractivity contribution in [3.05, 3.63) is 52.6 Å². The second-order valence-corrected chi connectivity index (χ2v) is 6.07. The largest absolute Gasteiger partial charge is 0.481 e. The summed E-state index contributed by atoms with van der Waals surface area (Å²) in [6, 6.07) is 7.00. The van der Waals surface area contributed by atoms with Crippen LogP contribution in [0.2, 0.25) is 0 Å². The van der Waals surface area contributed by atoms with Crippen LogP contribution < -0.4 is 10.1 Å². The number of ether oxygens (including phenoxy) is 1. The van der Waals surface area contributed by atoms with E-state index in [4.69, 9.17) is 4.74 Å². The van der Waals surface area contributed by atoms with Gasteiger partial charge in [-0.15, -0.1) is 0 Å². The van der Waals surface area contributed by atoms with Gasteiger partial charge in [0.1, 0.15) is 11.7 Å². The van der Waals surface area contributed by atoms with Gasteiger partial charge in [-0.25, -0.2) is 14.5 Å². The van der Waals surface area contributed by atoms with Gasteiger partial charge in [0, 0.05) is 24.0 Å².